The number of carbonyl (C=O) groups excluding carboxylic acids is 1. The minimum atomic E-state index is -0.221. The van der Waals surface area contributed by atoms with Gasteiger partial charge in [-0.2, -0.15) is 0 Å². The molecule has 1 aromatic carbocycles. The van der Waals surface area contributed by atoms with E-state index >= 15 is 0 Å². The fourth-order valence-electron chi connectivity index (χ4n) is 3.76. The molecule has 4 nitrogen and oxygen atoms in total. The van der Waals surface area contributed by atoms with E-state index in [0.29, 0.717) is 5.92 Å². The van der Waals surface area contributed by atoms with Gasteiger partial charge in [0.05, 0.1) is 0 Å². The number of rotatable bonds is 4. The standard InChI is InChI=1S/C20H22FN3O/c21-15-5-1-7-17(10-15)24-9-3-6-16(13-24)23-20(25)19-11-18(19)14-4-2-8-22-12-14/h1-2,4-5,7-8,10,12,16,18-19H,3,6,9,11,13H2,(H,23,25). The minimum Gasteiger partial charge on any atom is -0.369 e. The van der Waals surface area contributed by atoms with Crippen molar-refractivity contribution in [2.75, 3.05) is 18.0 Å². The van der Waals surface area contributed by atoms with Gasteiger partial charge in [-0.3, -0.25) is 9.78 Å². The minimum absolute atomic E-state index is 0.0637. The van der Waals surface area contributed by atoms with Crippen LogP contribution in [0.15, 0.2) is 48.8 Å². The average Bonchev–Trinajstić information content (AvgIpc) is 3.44. The monoisotopic (exact) mass is 339 g/mol. The van der Waals surface area contributed by atoms with Gasteiger partial charge in [-0.05, 0) is 55.0 Å². The maximum Gasteiger partial charge on any atom is 0.224 e. The number of hydrogen-bond donors (Lipinski definition) is 1. The third-order valence-electron chi connectivity index (χ3n) is 5.18. The van der Waals surface area contributed by atoms with Crippen molar-refractivity contribution >= 4 is 11.6 Å². The topological polar surface area (TPSA) is 45.2 Å². The van der Waals surface area contributed by atoms with Crippen molar-refractivity contribution in [1.29, 1.82) is 0 Å². The summed E-state index contributed by atoms with van der Waals surface area (Å²) in [6, 6.07) is 10.8. The highest BCUT2D eigenvalue weighted by Crippen LogP contribution is 2.47. The molecule has 1 N–H and O–H groups in total. The molecule has 1 aliphatic carbocycles. The van der Waals surface area contributed by atoms with E-state index in [-0.39, 0.29) is 23.7 Å². The largest absolute Gasteiger partial charge is 0.369 e. The molecule has 1 amide bonds. The summed E-state index contributed by atoms with van der Waals surface area (Å²) in [5.74, 6) is 0.284. The van der Waals surface area contributed by atoms with Gasteiger partial charge in [0.15, 0.2) is 0 Å². The Hall–Kier alpha value is -2.43. The molecular formula is C20H22FN3O. The second kappa shape index (κ2) is 6.82. The van der Waals surface area contributed by atoms with E-state index in [1.807, 2.05) is 24.4 Å². The molecule has 1 aliphatic heterocycles. The SMILES string of the molecule is O=C(NC1CCCN(c2cccc(F)c2)C1)C1CC1c1cccnc1. The van der Waals surface area contributed by atoms with Crippen LogP contribution in [-0.2, 0) is 4.79 Å². The lowest BCUT2D eigenvalue weighted by atomic mass is 10.0. The van der Waals surface area contributed by atoms with Crippen LogP contribution in [-0.4, -0.2) is 30.0 Å². The van der Waals surface area contributed by atoms with Crippen LogP contribution in [0.5, 0.6) is 0 Å². The molecule has 1 aromatic heterocycles. The van der Waals surface area contributed by atoms with Crippen molar-refractivity contribution in [2.45, 2.75) is 31.2 Å². The first-order valence-electron chi connectivity index (χ1n) is 8.91. The molecule has 0 spiro atoms. The van der Waals surface area contributed by atoms with Crippen LogP contribution in [0.3, 0.4) is 0 Å². The Kier molecular flexibility index (Phi) is 4.38. The number of hydrogen-bond acceptors (Lipinski definition) is 3. The third kappa shape index (κ3) is 3.65. The van der Waals surface area contributed by atoms with Gasteiger partial charge in [0.25, 0.3) is 0 Å². The van der Waals surface area contributed by atoms with Gasteiger partial charge in [0.1, 0.15) is 5.82 Å². The molecule has 2 fully saturated rings. The third-order valence-corrected chi connectivity index (χ3v) is 5.18. The van der Waals surface area contributed by atoms with E-state index in [4.69, 9.17) is 0 Å². The zero-order valence-electron chi connectivity index (χ0n) is 14.1. The molecule has 2 aliphatic rings. The van der Waals surface area contributed by atoms with Crippen LogP contribution in [0.2, 0.25) is 0 Å². The predicted molar refractivity (Wildman–Crippen MR) is 94.9 cm³/mol. The van der Waals surface area contributed by atoms with Crippen LogP contribution in [0.4, 0.5) is 10.1 Å². The second-order valence-electron chi connectivity index (χ2n) is 7.01. The van der Waals surface area contributed by atoms with Crippen LogP contribution in [0.1, 0.15) is 30.7 Å². The number of aromatic nitrogens is 1. The van der Waals surface area contributed by atoms with Gasteiger partial charge in [-0.15, -0.1) is 0 Å². The highest BCUT2D eigenvalue weighted by molar-refractivity contribution is 5.83. The molecular weight excluding hydrogens is 317 g/mol. The summed E-state index contributed by atoms with van der Waals surface area (Å²) < 4.78 is 13.4. The predicted octanol–water partition coefficient (Wildman–Crippen LogP) is 3.11. The Bertz CT molecular complexity index is 752. The normalized spacial score (nSPS) is 25.5. The van der Waals surface area contributed by atoms with E-state index < -0.39 is 0 Å². The Morgan fingerprint density at radius 3 is 3.00 bits per heavy atom. The summed E-state index contributed by atoms with van der Waals surface area (Å²) in [6.07, 6.45) is 6.48. The molecule has 1 saturated heterocycles. The molecule has 0 radical (unpaired) electrons. The number of carbonyl (C=O) groups is 1. The molecule has 3 unspecified atom stereocenters. The van der Waals surface area contributed by atoms with E-state index in [9.17, 15) is 9.18 Å². The number of nitrogens with one attached hydrogen (secondary N) is 1. The summed E-state index contributed by atoms with van der Waals surface area (Å²) >= 11 is 0. The number of amides is 1. The van der Waals surface area contributed by atoms with Crippen molar-refractivity contribution in [3.63, 3.8) is 0 Å². The van der Waals surface area contributed by atoms with E-state index in [2.05, 4.69) is 15.2 Å². The molecule has 3 atom stereocenters. The van der Waals surface area contributed by atoms with Crippen molar-refractivity contribution in [3.05, 3.63) is 60.2 Å². The summed E-state index contributed by atoms with van der Waals surface area (Å²) in [7, 11) is 0. The van der Waals surface area contributed by atoms with Crippen molar-refractivity contribution in [3.8, 4) is 0 Å². The summed E-state index contributed by atoms with van der Waals surface area (Å²) in [6.45, 7) is 1.64. The van der Waals surface area contributed by atoms with Gasteiger partial charge in [-0.25, -0.2) is 4.39 Å². The first-order chi connectivity index (χ1) is 12.2. The lowest BCUT2D eigenvalue weighted by molar-refractivity contribution is -0.123. The van der Waals surface area contributed by atoms with Crippen LogP contribution >= 0.6 is 0 Å². The van der Waals surface area contributed by atoms with Crippen molar-refractivity contribution in [1.82, 2.24) is 10.3 Å². The zero-order chi connectivity index (χ0) is 17.2. The lowest BCUT2D eigenvalue weighted by Gasteiger charge is -2.34. The number of pyridine rings is 1. The van der Waals surface area contributed by atoms with Crippen LogP contribution in [0, 0.1) is 11.7 Å². The Morgan fingerprint density at radius 2 is 2.20 bits per heavy atom. The molecule has 25 heavy (non-hydrogen) atoms. The molecule has 0 bridgehead atoms. The molecule has 2 aromatic rings. The quantitative estimate of drug-likeness (QED) is 0.931. The zero-order valence-corrected chi connectivity index (χ0v) is 14.1. The molecule has 1 saturated carbocycles. The fourth-order valence-corrected chi connectivity index (χ4v) is 3.76. The maximum absolute atomic E-state index is 13.4. The Labute approximate surface area is 147 Å². The molecule has 130 valence electrons. The van der Waals surface area contributed by atoms with Gasteiger partial charge in [0.2, 0.25) is 5.91 Å². The van der Waals surface area contributed by atoms with Crippen molar-refractivity contribution in [2.24, 2.45) is 5.92 Å². The van der Waals surface area contributed by atoms with E-state index in [1.54, 1.807) is 18.3 Å². The van der Waals surface area contributed by atoms with Gasteiger partial charge < -0.3 is 10.2 Å². The summed E-state index contributed by atoms with van der Waals surface area (Å²) in [5, 5.41) is 3.20. The van der Waals surface area contributed by atoms with Gasteiger partial charge in [-0.1, -0.05) is 12.1 Å². The molecule has 5 heteroatoms. The van der Waals surface area contributed by atoms with Crippen LogP contribution < -0.4 is 10.2 Å². The Morgan fingerprint density at radius 1 is 1.28 bits per heavy atom. The molecule has 4 rings (SSSR count). The average molecular weight is 339 g/mol. The maximum atomic E-state index is 13.4. The van der Waals surface area contributed by atoms with Crippen molar-refractivity contribution < 1.29 is 9.18 Å². The molecule has 2 heterocycles. The number of anilines is 1. The summed E-state index contributed by atoms with van der Waals surface area (Å²) in [5.41, 5.74) is 2.03. The van der Waals surface area contributed by atoms with Crippen LogP contribution in [0.25, 0.3) is 0 Å². The number of halogens is 1. The number of nitrogens with zero attached hydrogens (tertiary/aromatic N) is 2. The highest BCUT2D eigenvalue weighted by Gasteiger charge is 2.44. The Balaban J connectivity index is 1.34. The first kappa shape index (κ1) is 16.1. The van der Waals surface area contributed by atoms with E-state index in [0.717, 1.165) is 43.6 Å². The number of benzene rings is 1. The highest BCUT2D eigenvalue weighted by atomic mass is 19.1. The van der Waals surface area contributed by atoms with E-state index in [1.165, 1.54) is 6.07 Å². The lowest BCUT2D eigenvalue weighted by Crippen LogP contribution is -2.48. The second-order valence-corrected chi connectivity index (χ2v) is 7.01. The number of piperidine rings is 1. The smallest absolute Gasteiger partial charge is 0.224 e. The van der Waals surface area contributed by atoms with Gasteiger partial charge in [0, 0.05) is 43.1 Å². The summed E-state index contributed by atoms with van der Waals surface area (Å²) in [4.78, 5) is 18.8. The van der Waals surface area contributed by atoms with Gasteiger partial charge >= 0.3 is 0 Å². The first-order valence-corrected chi connectivity index (χ1v) is 8.91. The fraction of sp³-hybridized carbons (Fsp3) is 0.400.